The molecular weight excluding hydrogens is 236 g/mol. The Kier molecular flexibility index (Phi) is 4.70. The molecule has 2 unspecified atom stereocenters. The molecule has 18 heavy (non-hydrogen) atoms. The number of rotatable bonds is 5. The quantitative estimate of drug-likeness (QED) is 0.543. The second-order valence-corrected chi connectivity index (χ2v) is 5.18. The van der Waals surface area contributed by atoms with Crippen molar-refractivity contribution in [1.29, 1.82) is 0 Å². The Morgan fingerprint density at radius 3 is 2.61 bits per heavy atom. The lowest BCUT2D eigenvalue weighted by atomic mass is 9.77. The Bertz CT molecular complexity index is 322. The molecule has 104 valence electrons. The Morgan fingerprint density at radius 2 is 2.17 bits per heavy atom. The first kappa shape index (κ1) is 14.9. The van der Waals surface area contributed by atoms with Crippen molar-refractivity contribution >= 4 is 11.9 Å². The van der Waals surface area contributed by atoms with Crippen LogP contribution in [-0.2, 0) is 9.59 Å². The van der Waals surface area contributed by atoms with Gasteiger partial charge in [-0.15, -0.1) is 0 Å². The second-order valence-electron chi connectivity index (χ2n) is 5.18. The first-order valence-corrected chi connectivity index (χ1v) is 6.29. The van der Waals surface area contributed by atoms with E-state index in [1.165, 1.54) is 6.92 Å². The number of hydrogen-bond donors (Lipinski definition) is 4. The zero-order valence-corrected chi connectivity index (χ0v) is 11.0. The summed E-state index contributed by atoms with van der Waals surface area (Å²) < 4.78 is 0. The van der Waals surface area contributed by atoms with E-state index >= 15 is 0 Å². The maximum Gasteiger partial charge on any atom is 0.337 e. The molecule has 0 bridgehead atoms. The predicted molar refractivity (Wildman–Crippen MR) is 66.1 cm³/mol. The fraction of sp³-hybridized carbons (Fsp3) is 0.833. The summed E-state index contributed by atoms with van der Waals surface area (Å²) in [4.78, 5) is 22.9. The van der Waals surface area contributed by atoms with Gasteiger partial charge in [0.1, 0.15) is 0 Å². The van der Waals surface area contributed by atoms with Crippen molar-refractivity contribution in [2.75, 3.05) is 19.6 Å². The zero-order valence-electron chi connectivity index (χ0n) is 11.0. The molecule has 1 rings (SSSR count). The number of piperidine rings is 1. The van der Waals surface area contributed by atoms with Crippen LogP contribution >= 0.6 is 0 Å². The number of aliphatic hydroxyl groups is 1. The Balaban J connectivity index is 2.61. The van der Waals surface area contributed by atoms with Gasteiger partial charge in [-0.2, -0.15) is 0 Å². The van der Waals surface area contributed by atoms with E-state index in [4.69, 9.17) is 5.11 Å². The van der Waals surface area contributed by atoms with E-state index in [2.05, 4.69) is 10.6 Å². The summed E-state index contributed by atoms with van der Waals surface area (Å²) in [5, 5.41) is 24.1. The number of aliphatic carboxylic acids is 1. The molecule has 0 aromatic carbocycles. The number of carboxylic acid groups (broad SMARTS) is 1. The summed E-state index contributed by atoms with van der Waals surface area (Å²) >= 11 is 0. The number of carbonyl (C=O) groups excluding carboxylic acids is 1. The van der Waals surface area contributed by atoms with Gasteiger partial charge in [-0.1, -0.05) is 6.92 Å². The molecule has 1 amide bonds. The molecule has 0 spiro atoms. The normalized spacial score (nSPS) is 27.3. The smallest absolute Gasteiger partial charge is 0.337 e. The van der Waals surface area contributed by atoms with Gasteiger partial charge in [0.05, 0.1) is 12.0 Å². The van der Waals surface area contributed by atoms with Gasteiger partial charge in [0.15, 0.2) is 5.60 Å². The SMILES string of the molecule is CCC1(C(=O)NCC(C)(O)C(=O)O)CCCNC1. The van der Waals surface area contributed by atoms with E-state index in [0.717, 1.165) is 19.4 Å². The van der Waals surface area contributed by atoms with Crippen LogP contribution < -0.4 is 10.6 Å². The molecule has 1 aliphatic rings. The standard InChI is InChI=1S/C12H22N2O4/c1-3-12(5-4-6-13-8-12)9(15)14-7-11(2,18)10(16)17/h13,18H,3-8H2,1-2H3,(H,14,15)(H,16,17). The molecule has 4 N–H and O–H groups in total. The van der Waals surface area contributed by atoms with E-state index in [-0.39, 0.29) is 12.5 Å². The van der Waals surface area contributed by atoms with Crippen LogP contribution in [0.15, 0.2) is 0 Å². The molecule has 0 aromatic rings. The Labute approximate surface area is 107 Å². The molecule has 1 saturated heterocycles. The van der Waals surface area contributed by atoms with Crippen molar-refractivity contribution in [3.8, 4) is 0 Å². The van der Waals surface area contributed by atoms with Crippen LogP contribution in [0.4, 0.5) is 0 Å². The third kappa shape index (κ3) is 3.20. The summed E-state index contributed by atoms with van der Waals surface area (Å²) in [5.41, 5.74) is -2.40. The average Bonchev–Trinajstić information content (AvgIpc) is 2.36. The van der Waals surface area contributed by atoms with Gasteiger partial charge in [-0.3, -0.25) is 4.79 Å². The van der Waals surface area contributed by atoms with Gasteiger partial charge >= 0.3 is 5.97 Å². The highest BCUT2D eigenvalue weighted by molar-refractivity contribution is 5.84. The largest absolute Gasteiger partial charge is 0.479 e. The summed E-state index contributed by atoms with van der Waals surface area (Å²) in [6.45, 7) is 4.35. The zero-order chi connectivity index (χ0) is 13.8. The van der Waals surface area contributed by atoms with Crippen molar-refractivity contribution in [2.24, 2.45) is 5.41 Å². The lowest BCUT2D eigenvalue weighted by Gasteiger charge is -2.36. The van der Waals surface area contributed by atoms with Gasteiger partial charge in [-0.05, 0) is 32.7 Å². The molecule has 0 radical (unpaired) electrons. The van der Waals surface area contributed by atoms with Crippen molar-refractivity contribution in [2.45, 2.75) is 38.7 Å². The molecular formula is C12H22N2O4. The average molecular weight is 258 g/mol. The fourth-order valence-electron chi connectivity index (χ4n) is 2.14. The summed E-state index contributed by atoms with van der Waals surface area (Å²) in [7, 11) is 0. The molecule has 1 aliphatic heterocycles. The first-order valence-electron chi connectivity index (χ1n) is 6.29. The van der Waals surface area contributed by atoms with E-state index in [1.54, 1.807) is 0 Å². The highest BCUT2D eigenvalue weighted by Gasteiger charge is 2.39. The third-order valence-electron chi connectivity index (χ3n) is 3.68. The number of amides is 1. The van der Waals surface area contributed by atoms with Gasteiger partial charge in [0.25, 0.3) is 0 Å². The van der Waals surface area contributed by atoms with Crippen LogP contribution in [0.25, 0.3) is 0 Å². The minimum atomic E-state index is -1.92. The molecule has 1 fully saturated rings. The molecule has 0 aromatic heterocycles. The second kappa shape index (κ2) is 5.67. The van der Waals surface area contributed by atoms with Gasteiger partial charge in [-0.25, -0.2) is 4.79 Å². The minimum Gasteiger partial charge on any atom is -0.479 e. The minimum absolute atomic E-state index is 0.182. The fourth-order valence-corrected chi connectivity index (χ4v) is 2.14. The van der Waals surface area contributed by atoms with E-state index < -0.39 is 17.0 Å². The van der Waals surface area contributed by atoms with Gasteiger partial charge in [0, 0.05) is 6.54 Å². The molecule has 2 atom stereocenters. The number of carbonyl (C=O) groups is 2. The number of nitrogens with one attached hydrogen (secondary N) is 2. The lowest BCUT2D eigenvalue weighted by Crippen LogP contribution is -2.54. The Hall–Kier alpha value is -1.14. The summed E-state index contributed by atoms with van der Waals surface area (Å²) in [6, 6.07) is 0. The van der Waals surface area contributed by atoms with Crippen LogP contribution in [0.2, 0.25) is 0 Å². The predicted octanol–water partition coefficient (Wildman–Crippen LogP) is -0.282. The van der Waals surface area contributed by atoms with Crippen molar-refractivity contribution in [3.05, 3.63) is 0 Å². The third-order valence-corrected chi connectivity index (χ3v) is 3.68. The van der Waals surface area contributed by atoms with Crippen LogP contribution in [0.5, 0.6) is 0 Å². The summed E-state index contributed by atoms with van der Waals surface area (Å²) in [5.74, 6) is -1.52. The van der Waals surface area contributed by atoms with E-state index in [1.807, 2.05) is 6.92 Å². The first-order chi connectivity index (χ1) is 8.34. The maximum atomic E-state index is 12.2. The van der Waals surface area contributed by atoms with Gasteiger partial charge in [0.2, 0.25) is 5.91 Å². The highest BCUT2D eigenvalue weighted by atomic mass is 16.4. The van der Waals surface area contributed by atoms with Crippen LogP contribution in [0.1, 0.15) is 33.1 Å². The summed E-state index contributed by atoms with van der Waals surface area (Å²) in [6.07, 6.45) is 2.41. The monoisotopic (exact) mass is 258 g/mol. The molecule has 6 nitrogen and oxygen atoms in total. The van der Waals surface area contributed by atoms with Crippen LogP contribution in [0.3, 0.4) is 0 Å². The lowest BCUT2D eigenvalue weighted by molar-refractivity contribution is -0.156. The van der Waals surface area contributed by atoms with Crippen molar-refractivity contribution in [1.82, 2.24) is 10.6 Å². The molecule has 0 saturated carbocycles. The van der Waals surface area contributed by atoms with E-state index in [0.29, 0.717) is 13.0 Å². The van der Waals surface area contributed by atoms with Crippen LogP contribution in [0, 0.1) is 5.41 Å². The van der Waals surface area contributed by atoms with E-state index in [9.17, 15) is 14.7 Å². The van der Waals surface area contributed by atoms with Crippen molar-refractivity contribution in [3.63, 3.8) is 0 Å². The molecule has 0 aliphatic carbocycles. The maximum absolute atomic E-state index is 12.2. The molecule has 6 heteroatoms. The number of hydrogen-bond acceptors (Lipinski definition) is 4. The molecule has 1 heterocycles. The Morgan fingerprint density at radius 1 is 1.50 bits per heavy atom. The van der Waals surface area contributed by atoms with Gasteiger partial charge < -0.3 is 20.8 Å². The highest BCUT2D eigenvalue weighted by Crippen LogP contribution is 2.30. The van der Waals surface area contributed by atoms with Crippen LogP contribution in [-0.4, -0.2) is 47.3 Å². The topological polar surface area (TPSA) is 98.7 Å². The van der Waals surface area contributed by atoms with Crippen molar-refractivity contribution < 1.29 is 19.8 Å². The number of carboxylic acids is 1.